The maximum atomic E-state index is 11.8. The van der Waals surface area contributed by atoms with Crippen molar-refractivity contribution in [1.82, 2.24) is 10.2 Å². The van der Waals surface area contributed by atoms with Crippen molar-refractivity contribution in [3.05, 3.63) is 0 Å². The fourth-order valence-electron chi connectivity index (χ4n) is 1.80. The molecule has 1 aliphatic rings. The molecule has 1 N–H and O–H groups in total. The zero-order valence-corrected chi connectivity index (χ0v) is 10.3. The molecule has 0 aromatic rings. The van der Waals surface area contributed by atoms with Gasteiger partial charge in [-0.2, -0.15) is 0 Å². The Morgan fingerprint density at radius 1 is 1.31 bits per heavy atom. The first-order valence-electron chi connectivity index (χ1n) is 6.41. The van der Waals surface area contributed by atoms with E-state index in [4.69, 9.17) is 4.74 Å². The van der Waals surface area contributed by atoms with Crippen LogP contribution in [0.5, 0.6) is 0 Å². The Kier molecular flexibility index (Phi) is 7.17. The largest absolute Gasteiger partial charge is 0.372 e. The quantitative estimate of drug-likeness (QED) is 0.690. The number of hydrogen-bond acceptors (Lipinski definition) is 3. The third-order valence-electron chi connectivity index (χ3n) is 2.81. The average Bonchev–Trinajstić information content (AvgIpc) is 2.57. The Morgan fingerprint density at radius 2 is 2.19 bits per heavy atom. The van der Waals surface area contributed by atoms with Crippen LogP contribution in [0.1, 0.15) is 32.6 Å². The number of amides is 1. The van der Waals surface area contributed by atoms with E-state index in [0.29, 0.717) is 6.61 Å². The van der Waals surface area contributed by atoms with Gasteiger partial charge in [0.15, 0.2) is 0 Å². The smallest absolute Gasteiger partial charge is 0.248 e. The Balaban J connectivity index is 2.08. The number of carbonyl (C=O) groups excluding carboxylic acids is 1. The lowest BCUT2D eigenvalue weighted by Crippen LogP contribution is -2.36. The van der Waals surface area contributed by atoms with Gasteiger partial charge >= 0.3 is 0 Å². The van der Waals surface area contributed by atoms with Gasteiger partial charge in [0.05, 0.1) is 0 Å². The van der Waals surface area contributed by atoms with Crippen LogP contribution < -0.4 is 5.32 Å². The third kappa shape index (κ3) is 5.47. The Bertz CT molecular complexity index is 189. The van der Waals surface area contributed by atoms with Gasteiger partial charge in [-0.3, -0.25) is 4.79 Å². The number of hydrogen-bond donors (Lipinski definition) is 1. The van der Waals surface area contributed by atoms with Crippen molar-refractivity contribution in [2.45, 2.75) is 32.6 Å². The normalized spacial score (nSPS) is 17.2. The second-order valence-corrected chi connectivity index (χ2v) is 4.24. The van der Waals surface area contributed by atoms with Gasteiger partial charge in [-0.25, -0.2) is 0 Å². The van der Waals surface area contributed by atoms with Gasteiger partial charge in [-0.05, 0) is 19.4 Å². The summed E-state index contributed by atoms with van der Waals surface area (Å²) in [5.74, 6) is 0.139. The zero-order chi connectivity index (χ0) is 11.6. The van der Waals surface area contributed by atoms with Gasteiger partial charge < -0.3 is 15.0 Å². The van der Waals surface area contributed by atoms with Crippen LogP contribution in [0.25, 0.3) is 0 Å². The number of nitrogens with one attached hydrogen (secondary N) is 1. The van der Waals surface area contributed by atoms with Gasteiger partial charge in [-0.1, -0.05) is 19.8 Å². The molecule has 16 heavy (non-hydrogen) atoms. The molecule has 4 nitrogen and oxygen atoms in total. The van der Waals surface area contributed by atoms with Crippen molar-refractivity contribution < 1.29 is 9.53 Å². The van der Waals surface area contributed by atoms with Crippen molar-refractivity contribution in [3.63, 3.8) is 0 Å². The van der Waals surface area contributed by atoms with E-state index < -0.39 is 0 Å². The Hall–Kier alpha value is -0.610. The molecule has 1 saturated heterocycles. The van der Waals surface area contributed by atoms with Crippen LogP contribution in [0, 0.1) is 0 Å². The first-order chi connectivity index (χ1) is 7.84. The van der Waals surface area contributed by atoms with Gasteiger partial charge in [0.1, 0.15) is 6.61 Å². The molecular weight excluding hydrogens is 204 g/mol. The van der Waals surface area contributed by atoms with Crippen LogP contribution in [0.15, 0.2) is 0 Å². The van der Waals surface area contributed by atoms with Crippen LogP contribution in [-0.4, -0.2) is 50.2 Å². The van der Waals surface area contributed by atoms with E-state index >= 15 is 0 Å². The van der Waals surface area contributed by atoms with E-state index in [1.807, 2.05) is 4.90 Å². The third-order valence-corrected chi connectivity index (χ3v) is 2.81. The predicted octanol–water partition coefficient (Wildman–Crippen LogP) is 1.02. The van der Waals surface area contributed by atoms with E-state index in [1.54, 1.807) is 0 Å². The second kappa shape index (κ2) is 8.53. The summed E-state index contributed by atoms with van der Waals surface area (Å²) in [6.45, 7) is 6.73. The molecule has 94 valence electrons. The van der Waals surface area contributed by atoms with E-state index in [9.17, 15) is 4.79 Å². The standard InChI is InChI=1S/C12H24N2O2/c1-2-3-4-10-16-11-12(15)14-8-5-6-13-7-9-14/h13H,2-11H2,1H3. The van der Waals surface area contributed by atoms with Crippen molar-refractivity contribution in [2.75, 3.05) is 39.4 Å². The summed E-state index contributed by atoms with van der Waals surface area (Å²) in [5.41, 5.74) is 0. The highest BCUT2D eigenvalue weighted by molar-refractivity contribution is 5.77. The first kappa shape index (κ1) is 13.5. The summed E-state index contributed by atoms with van der Waals surface area (Å²) in [6.07, 6.45) is 4.48. The molecule has 1 aliphatic heterocycles. The zero-order valence-electron chi connectivity index (χ0n) is 10.3. The number of rotatable bonds is 6. The lowest BCUT2D eigenvalue weighted by atomic mass is 10.3. The summed E-state index contributed by atoms with van der Waals surface area (Å²) in [6, 6.07) is 0. The Labute approximate surface area is 98.3 Å². The molecule has 0 saturated carbocycles. The molecule has 1 fully saturated rings. The topological polar surface area (TPSA) is 41.6 Å². The SMILES string of the molecule is CCCCCOCC(=O)N1CCCNCC1. The minimum atomic E-state index is 0.139. The van der Waals surface area contributed by atoms with Gasteiger partial charge in [-0.15, -0.1) is 0 Å². The fourth-order valence-corrected chi connectivity index (χ4v) is 1.80. The van der Waals surface area contributed by atoms with Gasteiger partial charge in [0.2, 0.25) is 5.91 Å². The predicted molar refractivity (Wildman–Crippen MR) is 64.4 cm³/mol. The van der Waals surface area contributed by atoms with Gasteiger partial charge in [0.25, 0.3) is 0 Å². The minimum absolute atomic E-state index is 0.139. The molecule has 0 spiro atoms. The number of carbonyl (C=O) groups is 1. The lowest BCUT2D eigenvalue weighted by Gasteiger charge is -2.19. The molecule has 0 unspecified atom stereocenters. The lowest BCUT2D eigenvalue weighted by molar-refractivity contribution is -0.136. The molecule has 0 aromatic heterocycles. The molecule has 1 amide bonds. The molecular formula is C12H24N2O2. The molecule has 0 atom stereocenters. The molecule has 0 aliphatic carbocycles. The van der Waals surface area contributed by atoms with Gasteiger partial charge in [0, 0.05) is 26.2 Å². The van der Waals surface area contributed by atoms with Crippen LogP contribution in [-0.2, 0) is 9.53 Å². The summed E-state index contributed by atoms with van der Waals surface area (Å²) in [5, 5.41) is 3.28. The van der Waals surface area contributed by atoms with Crippen LogP contribution in [0.4, 0.5) is 0 Å². The molecule has 1 rings (SSSR count). The van der Waals surface area contributed by atoms with Crippen molar-refractivity contribution in [1.29, 1.82) is 0 Å². The molecule has 0 bridgehead atoms. The van der Waals surface area contributed by atoms with E-state index in [2.05, 4.69) is 12.2 Å². The van der Waals surface area contributed by atoms with E-state index in [0.717, 1.165) is 39.0 Å². The highest BCUT2D eigenvalue weighted by Gasteiger charge is 2.14. The molecule has 1 heterocycles. The molecule has 0 aromatic carbocycles. The summed E-state index contributed by atoms with van der Waals surface area (Å²) in [7, 11) is 0. The summed E-state index contributed by atoms with van der Waals surface area (Å²) in [4.78, 5) is 13.7. The van der Waals surface area contributed by atoms with E-state index in [-0.39, 0.29) is 12.5 Å². The highest BCUT2D eigenvalue weighted by Crippen LogP contribution is 1.98. The molecule has 0 radical (unpaired) electrons. The monoisotopic (exact) mass is 228 g/mol. The van der Waals surface area contributed by atoms with Crippen molar-refractivity contribution in [2.24, 2.45) is 0 Å². The summed E-state index contributed by atoms with van der Waals surface area (Å²) < 4.78 is 5.38. The van der Waals surface area contributed by atoms with Crippen molar-refractivity contribution >= 4 is 5.91 Å². The van der Waals surface area contributed by atoms with Crippen LogP contribution in [0.3, 0.4) is 0 Å². The van der Waals surface area contributed by atoms with Crippen molar-refractivity contribution in [3.8, 4) is 0 Å². The first-order valence-corrected chi connectivity index (χ1v) is 6.41. The fraction of sp³-hybridized carbons (Fsp3) is 0.917. The maximum Gasteiger partial charge on any atom is 0.248 e. The Morgan fingerprint density at radius 3 is 3.00 bits per heavy atom. The van der Waals surface area contributed by atoms with Crippen LogP contribution >= 0.6 is 0 Å². The maximum absolute atomic E-state index is 11.8. The second-order valence-electron chi connectivity index (χ2n) is 4.24. The summed E-state index contributed by atoms with van der Waals surface area (Å²) >= 11 is 0. The minimum Gasteiger partial charge on any atom is -0.372 e. The highest BCUT2D eigenvalue weighted by atomic mass is 16.5. The van der Waals surface area contributed by atoms with Crippen LogP contribution in [0.2, 0.25) is 0 Å². The molecule has 4 heteroatoms. The number of ether oxygens (including phenoxy) is 1. The van der Waals surface area contributed by atoms with E-state index in [1.165, 1.54) is 12.8 Å². The average molecular weight is 228 g/mol. The number of nitrogens with zero attached hydrogens (tertiary/aromatic N) is 1. The number of unbranched alkanes of at least 4 members (excludes halogenated alkanes) is 2.